The van der Waals surface area contributed by atoms with Crippen molar-refractivity contribution in [2.45, 2.75) is 13.1 Å². The van der Waals surface area contributed by atoms with Crippen LogP contribution in [0.15, 0.2) is 79.4 Å². The number of nitrogens with zero attached hydrogens (tertiary/aromatic N) is 4. The maximum atomic E-state index is 12.6. The van der Waals surface area contributed by atoms with Crippen molar-refractivity contribution in [3.63, 3.8) is 0 Å². The Bertz CT molecular complexity index is 1070. The lowest BCUT2D eigenvalue weighted by atomic mass is 10.1. The van der Waals surface area contributed by atoms with Gasteiger partial charge in [-0.2, -0.15) is 10.2 Å². The highest BCUT2D eigenvalue weighted by molar-refractivity contribution is 6.30. The first-order valence-electron chi connectivity index (χ1n) is 8.80. The van der Waals surface area contributed by atoms with Crippen LogP contribution in [-0.2, 0) is 13.1 Å². The van der Waals surface area contributed by atoms with Gasteiger partial charge in [-0.1, -0.05) is 35.9 Å². The summed E-state index contributed by atoms with van der Waals surface area (Å²) in [5.41, 5.74) is 3.33. The molecule has 7 heteroatoms. The van der Waals surface area contributed by atoms with Crippen LogP contribution in [0.2, 0.25) is 5.02 Å². The van der Waals surface area contributed by atoms with Crippen molar-refractivity contribution < 1.29 is 4.79 Å². The number of rotatable bonds is 6. The van der Waals surface area contributed by atoms with E-state index in [1.165, 1.54) is 0 Å². The van der Waals surface area contributed by atoms with Crippen molar-refractivity contribution in [3.8, 4) is 0 Å². The maximum Gasteiger partial charge on any atom is 0.255 e. The average molecular weight is 392 g/mol. The molecular weight excluding hydrogens is 374 g/mol. The summed E-state index contributed by atoms with van der Waals surface area (Å²) in [4.78, 5) is 12.6. The zero-order valence-corrected chi connectivity index (χ0v) is 15.8. The van der Waals surface area contributed by atoms with E-state index in [1.807, 2.05) is 59.4 Å². The van der Waals surface area contributed by atoms with Gasteiger partial charge in [-0.3, -0.25) is 14.2 Å². The predicted molar refractivity (Wildman–Crippen MR) is 109 cm³/mol. The van der Waals surface area contributed by atoms with E-state index in [0.717, 1.165) is 11.1 Å². The molecule has 0 bridgehead atoms. The van der Waals surface area contributed by atoms with Crippen molar-refractivity contribution in [2.24, 2.45) is 0 Å². The molecule has 2 aromatic heterocycles. The van der Waals surface area contributed by atoms with Crippen LogP contribution in [0.1, 0.15) is 21.5 Å². The van der Waals surface area contributed by atoms with Crippen LogP contribution in [0.3, 0.4) is 0 Å². The summed E-state index contributed by atoms with van der Waals surface area (Å²) < 4.78 is 3.59. The molecule has 2 aromatic carbocycles. The summed E-state index contributed by atoms with van der Waals surface area (Å²) in [5.74, 6) is -0.173. The van der Waals surface area contributed by atoms with Crippen molar-refractivity contribution >= 4 is 23.2 Å². The van der Waals surface area contributed by atoms with Crippen LogP contribution in [0.4, 0.5) is 5.69 Å². The lowest BCUT2D eigenvalue weighted by Crippen LogP contribution is -2.12. The topological polar surface area (TPSA) is 64.7 Å². The number of carbonyl (C=O) groups excluding carboxylic acids is 1. The number of amides is 1. The summed E-state index contributed by atoms with van der Waals surface area (Å²) in [6.45, 7) is 1.22. The van der Waals surface area contributed by atoms with E-state index < -0.39 is 0 Å². The molecule has 1 amide bonds. The Kier molecular flexibility index (Phi) is 5.21. The van der Waals surface area contributed by atoms with Gasteiger partial charge in [0.2, 0.25) is 0 Å². The molecule has 0 radical (unpaired) electrons. The second kappa shape index (κ2) is 8.10. The highest BCUT2D eigenvalue weighted by atomic mass is 35.5. The first-order chi connectivity index (χ1) is 13.7. The standard InChI is InChI=1S/C21H18ClN5O/c22-19-7-5-16(6-8-19)13-27-15-20(12-24-27)25-21(28)18-4-1-3-17(11-18)14-26-10-2-9-23-26/h1-12,15H,13-14H2,(H,25,28). The number of hydrogen-bond acceptors (Lipinski definition) is 3. The van der Waals surface area contributed by atoms with Crippen LogP contribution in [0.25, 0.3) is 0 Å². The van der Waals surface area contributed by atoms with E-state index in [-0.39, 0.29) is 5.91 Å². The highest BCUT2D eigenvalue weighted by Gasteiger charge is 2.09. The molecule has 0 aliphatic heterocycles. The molecular formula is C21H18ClN5O. The fourth-order valence-electron chi connectivity index (χ4n) is 2.89. The lowest BCUT2D eigenvalue weighted by Gasteiger charge is -2.06. The maximum absolute atomic E-state index is 12.6. The van der Waals surface area contributed by atoms with Gasteiger partial charge in [-0.25, -0.2) is 0 Å². The molecule has 2 heterocycles. The van der Waals surface area contributed by atoms with Crippen molar-refractivity contribution in [1.82, 2.24) is 19.6 Å². The van der Waals surface area contributed by atoms with E-state index in [9.17, 15) is 4.79 Å². The van der Waals surface area contributed by atoms with Gasteiger partial charge in [0.05, 0.1) is 25.0 Å². The summed E-state index contributed by atoms with van der Waals surface area (Å²) in [6.07, 6.45) is 7.07. The van der Waals surface area contributed by atoms with Crippen molar-refractivity contribution in [2.75, 3.05) is 5.32 Å². The molecule has 0 saturated heterocycles. The summed E-state index contributed by atoms with van der Waals surface area (Å²) in [5, 5.41) is 12.1. The van der Waals surface area contributed by atoms with E-state index in [2.05, 4.69) is 15.5 Å². The monoisotopic (exact) mass is 391 g/mol. The summed E-state index contributed by atoms with van der Waals surface area (Å²) in [6, 6.07) is 17.0. The van der Waals surface area contributed by atoms with Gasteiger partial charge in [0.15, 0.2) is 0 Å². The first-order valence-corrected chi connectivity index (χ1v) is 9.18. The Morgan fingerprint density at radius 1 is 0.964 bits per heavy atom. The van der Waals surface area contributed by atoms with Crippen LogP contribution >= 0.6 is 11.6 Å². The minimum absolute atomic E-state index is 0.173. The zero-order valence-electron chi connectivity index (χ0n) is 15.0. The van der Waals surface area contributed by atoms with E-state index in [1.54, 1.807) is 29.3 Å². The van der Waals surface area contributed by atoms with Crippen molar-refractivity contribution in [1.29, 1.82) is 0 Å². The number of hydrogen-bond donors (Lipinski definition) is 1. The van der Waals surface area contributed by atoms with Crippen LogP contribution in [-0.4, -0.2) is 25.5 Å². The van der Waals surface area contributed by atoms with Crippen molar-refractivity contribution in [3.05, 3.63) is 101 Å². The number of halogens is 1. The quantitative estimate of drug-likeness (QED) is 0.538. The summed E-state index contributed by atoms with van der Waals surface area (Å²) >= 11 is 5.91. The fourth-order valence-corrected chi connectivity index (χ4v) is 3.01. The normalized spacial score (nSPS) is 10.8. The molecule has 28 heavy (non-hydrogen) atoms. The lowest BCUT2D eigenvalue weighted by molar-refractivity contribution is 0.102. The Balaban J connectivity index is 1.41. The molecule has 4 rings (SSSR count). The van der Waals surface area contributed by atoms with E-state index >= 15 is 0 Å². The minimum atomic E-state index is -0.173. The van der Waals surface area contributed by atoms with Gasteiger partial charge < -0.3 is 5.32 Å². The van der Waals surface area contributed by atoms with Gasteiger partial charge in [-0.05, 0) is 41.5 Å². The third-order valence-electron chi connectivity index (χ3n) is 4.24. The minimum Gasteiger partial charge on any atom is -0.319 e. The Labute approximate surface area is 167 Å². The number of anilines is 1. The number of carbonyl (C=O) groups is 1. The van der Waals surface area contributed by atoms with Gasteiger partial charge in [-0.15, -0.1) is 0 Å². The summed E-state index contributed by atoms with van der Waals surface area (Å²) in [7, 11) is 0. The molecule has 140 valence electrons. The smallest absolute Gasteiger partial charge is 0.255 e. The molecule has 0 atom stereocenters. The Hall–Kier alpha value is -3.38. The Morgan fingerprint density at radius 2 is 1.79 bits per heavy atom. The van der Waals surface area contributed by atoms with Gasteiger partial charge >= 0.3 is 0 Å². The second-order valence-electron chi connectivity index (χ2n) is 6.41. The number of aromatic nitrogens is 4. The van der Waals surface area contributed by atoms with Gasteiger partial charge in [0, 0.05) is 29.2 Å². The van der Waals surface area contributed by atoms with Crippen LogP contribution in [0, 0.1) is 0 Å². The van der Waals surface area contributed by atoms with Crippen LogP contribution < -0.4 is 5.32 Å². The molecule has 0 aliphatic carbocycles. The third kappa shape index (κ3) is 4.47. The van der Waals surface area contributed by atoms with E-state index in [0.29, 0.717) is 29.4 Å². The fraction of sp³-hybridized carbons (Fsp3) is 0.0952. The predicted octanol–water partition coefficient (Wildman–Crippen LogP) is 4.08. The number of nitrogens with one attached hydrogen (secondary N) is 1. The SMILES string of the molecule is O=C(Nc1cnn(Cc2ccc(Cl)cc2)c1)c1cccc(Cn2cccn2)c1. The molecule has 0 aliphatic rings. The first kappa shape index (κ1) is 18.0. The molecule has 6 nitrogen and oxygen atoms in total. The molecule has 0 unspecified atom stereocenters. The molecule has 1 N–H and O–H groups in total. The molecule has 0 spiro atoms. The van der Waals surface area contributed by atoms with E-state index in [4.69, 9.17) is 11.6 Å². The van der Waals surface area contributed by atoms with Gasteiger partial charge in [0.1, 0.15) is 0 Å². The highest BCUT2D eigenvalue weighted by Crippen LogP contribution is 2.14. The third-order valence-corrected chi connectivity index (χ3v) is 4.49. The second-order valence-corrected chi connectivity index (χ2v) is 6.85. The molecule has 4 aromatic rings. The molecule has 0 fully saturated rings. The van der Waals surface area contributed by atoms with Crippen LogP contribution in [0.5, 0.6) is 0 Å². The largest absolute Gasteiger partial charge is 0.319 e. The number of benzene rings is 2. The van der Waals surface area contributed by atoms with Gasteiger partial charge in [0.25, 0.3) is 5.91 Å². The zero-order chi connectivity index (χ0) is 19.3. The Morgan fingerprint density at radius 3 is 2.57 bits per heavy atom. The molecule has 0 saturated carbocycles. The average Bonchev–Trinajstić information content (AvgIpc) is 3.36.